The summed E-state index contributed by atoms with van der Waals surface area (Å²) in [6.45, 7) is 0.189. The number of nitrogens with two attached hydrogens (primary N) is 1. The fraction of sp³-hybridized carbons (Fsp3) is 0.500. The first-order valence-electron chi connectivity index (χ1n) is 5.45. The van der Waals surface area contributed by atoms with Gasteiger partial charge >= 0.3 is 0 Å². The van der Waals surface area contributed by atoms with Gasteiger partial charge in [-0.15, -0.1) is 0 Å². The molecule has 3 heteroatoms. The van der Waals surface area contributed by atoms with E-state index in [0.717, 1.165) is 12.8 Å². The van der Waals surface area contributed by atoms with Crippen LogP contribution in [0, 0.1) is 5.82 Å². The first-order valence-corrected chi connectivity index (χ1v) is 5.45. The smallest absolute Gasteiger partial charge is 0.131 e. The predicted molar refractivity (Wildman–Crippen MR) is 57.2 cm³/mol. The van der Waals surface area contributed by atoms with Crippen molar-refractivity contribution in [3.63, 3.8) is 0 Å². The van der Waals surface area contributed by atoms with Gasteiger partial charge in [0.15, 0.2) is 0 Å². The molecule has 0 spiro atoms. The molecular formula is C12H16FNO. The predicted octanol–water partition coefficient (Wildman–Crippen LogP) is 2.61. The highest BCUT2D eigenvalue weighted by Gasteiger charge is 2.18. The minimum Gasteiger partial charge on any atom is -0.490 e. The second-order valence-corrected chi connectivity index (χ2v) is 3.94. The minimum atomic E-state index is -0.270. The van der Waals surface area contributed by atoms with Gasteiger partial charge in [0.05, 0.1) is 6.10 Å². The molecule has 15 heavy (non-hydrogen) atoms. The summed E-state index contributed by atoms with van der Waals surface area (Å²) in [6, 6.07) is 4.88. The molecule has 0 amide bonds. The lowest BCUT2D eigenvalue weighted by Crippen LogP contribution is -2.13. The zero-order valence-corrected chi connectivity index (χ0v) is 8.71. The monoisotopic (exact) mass is 209 g/mol. The van der Waals surface area contributed by atoms with E-state index in [9.17, 15) is 4.39 Å². The molecular weight excluding hydrogens is 193 g/mol. The van der Waals surface area contributed by atoms with E-state index < -0.39 is 0 Å². The maximum Gasteiger partial charge on any atom is 0.131 e. The Balaban J connectivity index is 2.15. The maximum atomic E-state index is 13.4. The van der Waals surface area contributed by atoms with Crippen molar-refractivity contribution in [1.29, 1.82) is 0 Å². The second-order valence-electron chi connectivity index (χ2n) is 3.94. The van der Waals surface area contributed by atoms with Crippen molar-refractivity contribution in [1.82, 2.24) is 0 Å². The first-order chi connectivity index (χ1) is 7.31. The Labute approximate surface area is 89.2 Å². The van der Waals surface area contributed by atoms with Crippen molar-refractivity contribution in [3.8, 4) is 5.75 Å². The molecule has 1 aliphatic rings. The van der Waals surface area contributed by atoms with Gasteiger partial charge in [0.1, 0.15) is 11.6 Å². The molecule has 82 valence electrons. The van der Waals surface area contributed by atoms with Crippen molar-refractivity contribution < 1.29 is 9.13 Å². The van der Waals surface area contributed by atoms with Crippen molar-refractivity contribution in [2.75, 3.05) is 0 Å². The van der Waals surface area contributed by atoms with E-state index in [1.54, 1.807) is 12.1 Å². The first kappa shape index (κ1) is 10.4. The van der Waals surface area contributed by atoms with Crippen LogP contribution in [0.15, 0.2) is 18.2 Å². The van der Waals surface area contributed by atoms with Gasteiger partial charge in [-0.05, 0) is 37.8 Å². The molecule has 0 atom stereocenters. The summed E-state index contributed by atoms with van der Waals surface area (Å²) < 4.78 is 19.1. The third-order valence-corrected chi connectivity index (χ3v) is 2.88. The lowest BCUT2D eigenvalue weighted by molar-refractivity contribution is 0.207. The van der Waals surface area contributed by atoms with Crippen LogP contribution in [0.1, 0.15) is 31.2 Å². The molecule has 0 radical (unpaired) electrons. The van der Waals surface area contributed by atoms with Crippen LogP contribution in [0.3, 0.4) is 0 Å². The lowest BCUT2D eigenvalue weighted by Gasteiger charge is -2.16. The van der Waals surface area contributed by atoms with E-state index in [1.807, 2.05) is 0 Å². The lowest BCUT2D eigenvalue weighted by atomic mass is 10.2. The normalized spacial score (nSPS) is 16.9. The molecule has 2 N–H and O–H groups in total. The van der Waals surface area contributed by atoms with Crippen LogP contribution in [0.4, 0.5) is 4.39 Å². The van der Waals surface area contributed by atoms with Crippen molar-refractivity contribution in [2.24, 2.45) is 5.73 Å². The van der Waals surface area contributed by atoms with Gasteiger partial charge in [0, 0.05) is 12.1 Å². The number of halogens is 1. The highest BCUT2D eigenvalue weighted by atomic mass is 19.1. The Hall–Kier alpha value is -1.09. The fourth-order valence-electron chi connectivity index (χ4n) is 2.03. The number of hydrogen-bond acceptors (Lipinski definition) is 2. The molecule has 0 aromatic heterocycles. The highest BCUT2D eigenvalue weighted by Crippen LogP contribution is 2.27. The van der Waals surface area contributed by atoms with Crippen LogP contribution in [-0.4, -0.2) is 6.10 Å². The number of ether oxygens (including phenoxy) is 1. The van der Waals surface area contributed by atoms with E-state index in [0.29, 0.717) is 11.3 Å². The fourth-order valence-corrected chi connectivity index (χ4v) is 2.03. The van der Waals surface area contributed by atoms with Gasteiger partial charge < -0.3 is 10.5 Å². The van der Waals surface area contributed by atoms with Gasteiger partial charge in [0.25, 0.3) is 0 Å². The van der Waals surface area contributed by atoms with E-state index in [-0.39, 0.29) is 18.5 Å². The molecule has 1 aliphatic carbocycles. The van der Waals surface area contributed by atoms with Crippen molar-refractivity contribution >= 4 is 0 Å². The zero-order valence-electron chi connectivity index (χ0n) is 8.71. The quantitative estimate of drug-likeness (QED) is 0.830. The Morgan fingerprint density at radius 2 is 2.07 bits per heavy atom. The highest BCUT2D eigenvalue weighted by molar-refractivity contribution is 5.34. The van der Waals surface area contributed by atoms with Crippen LogP contribution in [0.5, 0.6) is 5.75 Å². The standard InChI is InChI=1S/C12H16FNO/c13-11-6-3-7-12(10(11)8-14)15-9-4-1-2-5-9/h3,6-7,9H,1-2,4-5,8,14H2. The van der Waals surface area contributed by atoms with E-state index >= 15 is 0 Å². The molecule has 1 fully saturated rings. The van der Waals surface area contributed by atoms with Crippen LogP contribution in [0.2, 0.25) is 0 Å². The van der Waals surface area contributed by atoms with E-state index in [4.69, 9.17) is 10.5 Å². The van der Waals surface area contributed by atoms with Gasteiger partial charge in [-0.2, -0.15) is 0 Å². The zero-order chi connectivity index (χ0) is 10.7. The molecule has 0 aliphatic heterocycles. The minimum absolute atomic E-state index is 0.189. The number of hydrogen-bond donors (Lipinski definition) is 1. The number of benzene rings is 1. The Morgan fingerprint density at radius 3 is 2.73 bits per heavy atom. The van der Waals surface area contributed by atoms with Crippen molar-refractivity contribution in [3.05, 3.63) is 29.6 Å². The molecule has 0 bridgehead atoms. The van der Waals surface area contributed by atoms with E-state index in [2.05, 4.69) is 0 Å². The van der Waals surface area contributed by atoms with Crippen molar-refractivity contribution in [2.45, 2.75) is 38.3 Å². The molecule has 0 heterocycles. The molecule has 0 unspecified atom stereocenters. The summed E-state index contributed by atoms with van der Waals surface area (Å²) in [5.74, 6) is 0.345. The van der Waals surface area contributed by atoms with Crippen LogP contribution >= 0.6 is 0 Å². The molecule has 2 rings (SSSR count). The summed E-state index contributed by atoms with van der Waals surface area (Å²) in [6.07, 6.45) is 4.80. The summed E-state index contributed by atoms with van der Waals surface area (Å²) in [5, 5.41) is 0. The van der Waals surface area contributed by atoms with Crippen LogP contribution in [-0.2, 0) is 6.54 Å². The van der Waals surface area contributed by atoms with Gasteiger partial charge in [-0.25, -0.2) is 4.39 Å². The van der Waals surface area contributed by atoms with Crippen LogP contribution in [0.25, 0.3) is 0 Å². The third kappa shape index (κ3) is 2.29. The summed E-state index contributed by atoms with van der Waals surface area (Å²) in [7, 11) is 0. The molecule has 0 saturated heterocycles. The molecule has 1 aromatic rings. The second kappa shape index (κ2) is 4.62. The number of rotatable bonds is 3. The third-order valence-electron chi connectivity index (χ3n) is 2.88. The van der Waals surface area contributed by atoms with Gasteiger partial charge in [-0.3, -0.25) is 0 Å². The molecule has 1 saturated carbocycles. The average Bonchev–Trinajstić information content (AvgIpc) is 2.71. The van der Waals surface area contributed by atoms with Gasteiger partial charge in [0.2, 0.25) is 0 Å². The van der Waals surface area contributed by atoms with Crippen LogP contribution < -0.4 is 10.5 Å². The van der Waals surface area contributed by atoms with E-state index in [1.165, 1.54) is 18.9 Å². The summed E-state index contributed by atoms with van der Waals surface area (Å²) >= 11 is 0. The maximum absolute atomic E-state index is 13.4. The average molecular weight is 209 g/mol. The summed E-state index contributed by atoms with van der Waals surface area (Å²) in [5.41, 5.74) is 6.00. The Morgan fingerprint density at radius 1 is 1.33 bits per heavy atom. The molecule has 2 nitrogen and oxygen atoms in total. The Kier molecular flexibility index (Phi) is 3.21. The SMILES string of the molecule is NCc1c(F)cccc1OC1CCCC1. The summed E-state index contributed by atoms with van der Waals surface area (Å²) in [4.78, 5) is 0. The molecule has 1 aromatic carbocycles. The topological polar surface area (TPSA) is 35.2 Å². The largest absolute Gasteiger partial charge is 0.490 e. The van der Waals surface area contributed by atoms with Gasteiger partial charge in [-0.1, -0.05) is 6.07 Å². The Bertz CT molecular complexity index is 334.